The lowest BCUT2D eigenvalue weighted by atomic mass is 10.0. The Morgan fingerprint density at radius 3 is 2.92 bits per heavy atom. The molecule has 2 heteroatoms. The molecule has 0 unspecified atom stereocenters. The number of hydrogen-bond donors (Lipinski definition) is 2. The van der Waals surface area contributed by atoms with Crippen LogP contribution in [0.5, 0.6) is 0 Å². The SMILES string of the molecule is CC(C)Cc1cc[nH]c1/C=C\N. The maximum absolute atomic E-state index is 5.32. The van der Waals surface area contributed by atoms with E-state index in [4.69, 9.17) is 5.73 Å². The molecule has 0 saturated carbocycles. The Hall–Kier alpha value is -1.18. The molecule has 1 aromatic heterocycles. The van der Waals surface area contributed by atoms with Crippen molar-refractivity contribution in [1.29, 1.82) is 0 Å². The molecule has 0 radical (unpaired) electrons. The fraction of sp³-hybridized carbons (Fsp3) is 0.400. The van der Waals surface area contributed by atoms with Crippen LogP contribution in [-0.4, -0.2) is 4.98 Å². The number of aromatic nitrogens is 1. The van der Waals surface area contributed by atoms with E-state index in [9.17, 15) is 0 Å². The quantitative estimate of drug-likeness (QED) is 0.706. The van der Waals surface area contributed by atoms with E-state index >= 15 is 0 Å². The van der Waals surface area contributed by atoms with Gasteiger partial charge in [-0.15, -0.1) is 0 Å². The van der Waals surface area contributed by atoms with E-state index in [1.54, 1.807) is 6.20 Å². The number of nitrogens with two attached hydrogens (primary N) is 1. The van der Waals surface area contributed by atoms with Crippen molar-refractivity contribution >= 4 is 6.08 Å². The molecular weight excluding hydrogens is 148 g/mol. The summed E-state index contributed by atoms with van der Waals surface area (Å²) in [4.78, 5) is 3.15. The van der Waals surface area contributed by atoms with Crippen LogP contribution in [0.2, 0.25) is 0 Å². The molecule has 1 aromatic rings. The lowest BCUT2D eigenvalue weighted by Crippen LogP contribution is -1.94. The van der Waals surface area contributed by atoms with E-state index in [0.29, 0.717) is 5.92 Å². The molecule has 0 aromatic carbocycles. The summed E-state index contributed by atoms with van der Waals surface area (Å²) in [7, 11) is 0. The molecule has 0 aliphatic rings. The van der Waals surface area contributed by atoms with Crippen molar-refractivity contribution in [2.24, 2.45) is 11.7 Å². The van der Waals surface area contributed by atoms with Crippen LogP contribution in [0.3, 0.4) is 0 Å². The maximum Gasteiger partial charge on any atom is 0.0427 e. The van der Waals surface area contributed by atoms with Gasteiger partial charge in [0.25, 0.3) is 0 Å². The number of nitrogens with one attached hydrogen (secondary N) is 1. The Morgan fingerprint density at radius 2 is 2.33 bits per heavy atom. The fourth-order valence-electron chi connectivity index (χ4n) is 1.28. The van der Waals surface area contributed by atoms with Crippen molar-refractivity contribution in [2.75, 3.05) is 0 Å². The van der Waals surface area contributed by atoms with Crippen molar-refractivity contribution in [2.45, 2.75) is 20.3 Å². The summed E-state index contributed by atoms with van der Waals surface area (Å²) in [5.41, 5.74) is 7.79. The first-order chi connectivity index (χ1) is 5.74. The van der Waals surface area contributed by atoms with Gasteiger partial charge in [0.15, 0.2) is 0 Å². The van der Waals surface area contributed by atoms with Gasteiger partial charge >= 0.3 is 0 Å². The Bertz CT molecular complexity index is 259. The van der Waals surface area contributed by atoms with Crippen LogP contribution in [0.1, 0.15) is 25.1 Å². The molecular formula is C10H16N2. The molecule has 1 heterocycles. The second kappa shape index (κ2) is 4.00. The average Bonchev–Trinajstić information content (AvgIpc) is 2.37. The summed E-state index contributed by atoms with van der Waals surface area (Å²) in [5.74, 6) is 0.686. The van der Waals surface area contributed by atoms with E-state index in [1.165, 1.54) is 5.56 Å². The topological polar surface area (TPSA) is 41.8 Å². The first-order valence-corrected chi connectivity index (χ1v) is 4.28. The van der Waals surface area contributed by atoms with Gasteiger partial charge in [0.1, 0.15) is 0 Å². The van der Waals surface area contributed by atoms with E-state index in [1.807, 2.05) is 12.3 Å². The highest BCUT2D eigenvalue weighted by Gasteiger charge is 2.02. The smallest absolute Gasteiger partial charge is 0.0427 e. The highest BCUT2D eigenvalue weighted by molar-refractivity contribution is 5.49. The van der Waals surface area contributed by atoms with Crippen LogP contribution in [0.15, 0.2) is 18.5 Å². The van der Waals surface area contributed by atoms with Crippen LogP contribution in [0.4, 0.5) is 0 Å². The molecule has 66 valence electrons. The summed E-state index contributed by atoms with van der Waals surface area (Å²) in [6, 6.07) is 2.11. The van der Waals surface area contributed by atoms with Crippen LogP contribution in [-0.2, 0) is 6.42 Å². The van der Waals surface area contributed by atoms with E-state index < -0.39 is 0 Å². The third-order valence-electron chi connectivity index (χ3n) is 1.76. The molecule has 2 nitrogen and oxygen atoms in total. The van der Waals surface area contributed by atoms with Crippen molar-refractivity contribution in [1.82, 2.24) is 4.98 Å². The van der Waals surface area contributed by atoms with Crippen molar-refractivity contribution in [3.05, 3.63) is 29.7 Å². The summed E-state index contributed by atoms with van der Waals surface area (Å²) in [6.45, 7) is 4.42. The summed E-state index contributed by atoms with van der Waals surface area (Å²) < 4.78 is 0. The van der Waals surface area contributed by atoms with E-state index in [0.717, 1.165) is 12.1 Å². The molecule has 0 amide bonds. The van der Waals surface area contributed by atoms with E-state index in [-0.39, 0.29) is 0 Å². The van der Waals surface area contributed by atoms with Crippen molar-refractivity contribution < 1.29 is 0 Å². The van der Waals surface area contributed by atoms with Crippen LogP contribution in [0.25, 0.3) is 6.08 Å². The van der Waals surface area contributed by atoms with Gasteiger partial charge in [0, 0.05) is 11.9 Å². The first-order valence-electron chi connectivity index (χ1n) is 4.28. The molecule has 0 spiro atoms. The van der Waals surface area contributed by atoms with Crippen LogP contribution in [0, 0.1) is 5.92 Å². The Balaban J connectivity index is 2.77. The fourth-order valence-corrected chi connectivity index (χ4v) is 1.28. The summed E-state index contributed by atoms with van der Waals surface area (Å²) in [6.07, 6.45) is 6.52. The Kier molecular flexibility index (Phi) is 2.97. The lowest BCUT2D eigenvalue weighted by molar-refractivity contribution is 0.647. The number of rotatable bonds is 3. The third kappa shape index (κ3) is 2.16. The maximum atomic E-state index is 5.32. The Morgan fingerprint density at radius 1 is 1.58 bits per heavy atom. The largest absolute Gasteiger partial charge is 0.405 e. The van der Waals surface area contributed by atoms with Crippen molar-refractivity contribution in [3.8, 4) is 0 Å². The predicted octanol–water partition coefficient (Wildman–Crippen LogP) is 2.14. The zero-order chi connectivity index (χ0) is 8.97. The third-order valence-corrected chi connectivity index (χ3v) is 1.76. The minimum Gasteiger partial charge on any atom is -0.405 e. The van der Waals surface area contributed by atoms with Gasteiger partial charge in [-0.1, -0.05) is 13.8 Å². The van der Waals surface area contributed by atoms with Gasteiger partial charge in [-0.2, -0.15) is 0 Å². The summed E-state index contributed by atoms with van der Waals surface area (Å²) >= 11 is 0. The number of aromatic amines is 1. The van der Waals surface area contributed by atoms with Gasteiger partial charge in [0.2, 0.25) is 0 Å². The number of hydrogen-bond acceptors (Lipinski definition) is 1. The minimum absolute atomic E-state index is 0.686. The second-order valence-electron chi connectivity index (χ2n) is 3.37. The number of H-pyrrole nitrogens is 1. The molecule has 0 aliphatic carbocycles. The molecule has 1 rings (SSSR count). The molecule has 0 aliphatic heterocycles. The standard InChI is InChI=1S/C10H16N2/c1-8(2)7-9-4-6-12-10(9)3-5-11/h3-6,8,12H,7,11H2,1-2H3/b5-3-. The molecule has 0 saturated heterocycles. The van der Waals surface area contributed by atoms with Gasteiger partial charge in [-0.05, 0) is 36.2 Å². The summed E-state index contributed by atoms with van der Waals surface area (Å²) in [5, 5.41) is 0. The zero-order valence-corrected chi connectivity index (χ0v) is 7.67. The highest BCUT2D eigenvalue weighted by atomic mass is 14.7. The normalized spacial score (nSPS) is 11.6. The monoisotopic (exact) mass is 164 g/mol. The van der Waals surface area contributed by atoms with E-state index in [2.05, 4.69) is 24.9 Å². The van der Waals surface area contributed by atoms with Crippen LogP contribution >= 0.6 is 0 Å². The average molecular weight is 164 g/mol. The van der Waals surface area contributed by atoms with Gasteiger partial charge in [-0.25, -0.2) is 0 Å². The lowest BCUT2D eigenvalue weighted by Gasteiger charge is -2.02. The minimum atomic E-state index is 0.686. The molecule has 0 fully saturated rings. The van der Waals surface area contributed by atoms with Gasteiger partial charge in [-0.3, -0.25) is 0 Å². The van der Waals surface area contributed by atoms with Crippen LogP contribution < -0.4 is 5.73 Å². The molecule has 12 heavy (non-hydrogen) atoms. The highest BCUT2D eigenvalue weighted by Crippen LogP contribution is 2.13. The second-order valence-corrected chi connectivity index (χ2v) is 3.37. The zero-order valence-electron chi connectivity index (χ0n) is 7.67. The van der Waals surface area contributed by atoms with Crippen molar-refractivity contribution in [3.63, 3.8) is 0 Å². The molecule has 3 N–H and O–H groups in total. The van der Waals surface area contributed by atoms with Gasteiger partial charge < -0.3 is 10.7 Å². The molecule has 0 atom stereocenters. The molecule has 0 bridgehead atoms. The Labute approximate surface area is 73.5 Å². The predicted molar refractivity (Wildman–Crippen MR) is 52.6 cm³/mol. The first kappa shape index (κ1) is 8.91. The van der Waals surface area contributed by atoms with Gasteiger partial charge in [0.05, 0.1) is 0 Å².